The Morgan fingerprint density at radius 3 is 2.57 bits per heavy atom. The van der Waals surface area contributed by atoms with Gasteiger partial charge in [0, 0.05) is 10.0 Å². The summed E-state index contributed by atoms with van der Waals surface area (Å²) in [5.41, 5.74) is 4.70. The molecule has 0 unspecified atom stereocenters. The molecular weight excluding hydrogens is 444 g/mol. The molecule has 5 nitrogen and oxygen atoms in total. The van der Waals surface area contributed by atoms with Crippen LogP contribution in [0.3, 0.4) is 0 Å². The molecule has 1 amide bonds. The fraction of sp³-hybridized carbons (Fsp3) is 0.0833. The van der Waals surface area contributed by atoms with Gasteiger partial charge in [-0.1, -0.05) is 71.0 Å². The molecule has 0 atom stereocenters. The quantitative estimate of drug-likeness (QED) is 0.263. The fourth-order valence-corrected chi connectivity index (χ4v) is 3.02. The predicted molar refractivity (Wildman–Crippen MR) is 122 cm³/mol. The van der Waals surface area contributed by atoms with Crippen molar-refractivity contribution in [3.63, 3.8) is 0 Å². The molecule has 0 aliphatic carbocycles. The number of amides is 1. The first-order valence-electron chi connectivity index (χ1n) is 9.30. The fourth-order valence-electron chi connectivity index (χ4n) is 2.64. The van der Waals surface area contributed by atoms with E-state index in [9.17, 15) is 4.79 Å². The van der Waals surface area contributed by atoms with E-state index in [4.69, 9.17) is 9.47 Å². The summed E-state index contributed by atoms with van der Waals surface area (Å²) in [5.74, 6) is 0.771. The summed E-state index contributed by atoms with van der Waals surface area (Å²) in [5, 5.41) is 4.08. The first kappa shape index (κ1) is 21.3. The number of halogens is 1. The Labute approximate surface area is 184 Å². The number of carbonyl (C=O) groups is 1. The molecule has 1 N–H and O–H groups in total. The number of ether oxygens (including phenoxy) is 2. The van der Waals surface area contributed by atoms with Gasteiger partial charge in [-0.05, 0) is 35.9 Å². The minimum atomic E-state index is -0.363. The van der Waals surface area contributed by atoms with Gasteiger partial charge in [0.2, 0.25) is 0 Å². The van der Waals surface area contributed by atoms with Crippen LogP contribution in [-0.4, -0.2) is 18.7 Å². The van der Waals surface area contributed by atoms with Gasteiger partial charge in [0.05, 0.1) is 11.8 Å². The van der Waals surface area contributed by atoms with Gasteiger partial charge in [0.1, 0.15) is 24.7 Å². The minimum Gasteiger partial charge on any atom is -0.489 e. The number of hydrogen-bond acceptors (Lipinski definition) is 4. The van der Waals surface area contributed by atoms with E-state index < -0.39 is 0 Å². The summed E-state index contributed by atoms with van der Waals surface area (Å²) in [6.07, 6.45) is 3.20. The largest absolute Gasteiger partial charge is 0.489 e. The van der Waals surface area contributed by atoms with Crippen molar-refractivity contribution in [1.29, 1.82) is 0 Å². The highest BCUT2D eigenvalue weighted by Gasteiger charge is 2.12. The van der Waals surface area contributed by atoms with Gasteiger partial charge in [-0.25, -0.2) is 5.43 Å². The molecule has 0 heterocycles. The van der Waals surface area contributed by atoms with Crippen LogP contribution in [0.5, 0.6) is 11.5 Å². The van der Waals surface area contributed by atoms with Crippen molar-refractivity contribution in [3.8, 4) is 11.5 Å². The number of nitrogens with one attached hydrogen (secondary N) is 1. The lowest BCUT2D eigenvalue weighted by Crippen LogP contribution is -2.18. The van der Waals surface area contributed by atoms with Crippen LogP contribution in [0.1, 0.15) is 21.5 Å². The van der Waals surface area contributed by atoms with Gasteiger partial charge in [-0.3, -0.25) is 4.79 Å². The molecule has 3 aromatic rings. The van der Waals surface area contributed by atoms with E-state index in [2.05, 4.69) is 33.0 Å². The summed E-state index contributed by atoms with van der Waals surface area (Å²) in [6.45, 7) is 4.40. The number of carbonyl (C=O) groups excluding carboxylic acids is 1. The molecule has 0 bridgehead atoms. The van der Waals surface area contributed by atoms with Gasteiger partial charge in [-0.2, -0.15) is 5.10 Å². The molecule has 0 fully saturated rings. The highest BCUT2D eigenvalue weighted by molar-refractivity contribution is 9.10. The summed E-state index contributed by atoms with van der Waals surface area (Å²) >= 11 is 3.43. The molecule has 3 aromatic carbocycles. The van der Waals surface area contributed by atoms with Crippen LogP contribution in [0.25, 0.3) is 0 Å². The van der Waals surface area contributed by atoms with E-state index in [1.165, 1.54) is 6.21 Å². The van der Waals surface area contributed by atoms with E-state index in [0.717, 1.165) is 15.6 Å². The molecule has 0 saturated heterocycles. The van der Waals surface area contributed by atoms with Gasteiger partial charge < -0.3 is 9.47 Å². The van der Waals surface area contributed by atoms with Crippen LogP contribution in [0.4, 0.5) is 0 Å². The Balaban J connectivity index is 1.68. The zero-order valence-corrected chi connectivity index (χ0v) is 17.8. The SMILES string of the molecule is C=CCOc1ccc(Br)cc1C=NNC(=O)c1ccccc1OCc1ccccc1. The van der Waals surface area contributed by atoms with Crippen molar-refractivity contribution in [3.05, 3.63) is 107 Å². The second-order valence-corrected chi connectivity index (χ2v) is 7.17. The number of hydrogen-bond donors (Lipinski definition) is 1. The molecule has 3 rings (SSSR count). The van der Waals surface area contributed by atoms with Crippen LogP contribution in [0.15, 0.2) is 95.0 Å². The van der Waals surface area contributed by atoms with Crippen LogP contribution in [0, 0.1) is 0 Å². The Morgan fingerprint density at radius 1 is 1.00 bits per heavy atom. The highest BCUT2D eigenvalue weighted by atomic mass is 79.9. The van der Waals surface area contributed by atoms with Crippen molar-refractivity contribution < 1.29 is 14.3 Å². The molecule has 6 heteroatoms. The van der Waals surface area contributed by atoms with E-state index >= 15 is 0 Å². The smallest absolute Gasteiger partial charge is 0.275 e. The molecular formula is C24H21BrN2O3. The predicted octanol–water partition coefficient (Wildman–Crippen LogP) is 5.36. The van der Waals surface area contributed by atoms with Crippen molar-refractivity contribution in [1.82, 2.24) is 5.43 Å². The molecule has 0 aliphatic rings. The van der Waals surface area contributed by atoms with E-state index in [-0.39, 0.29) is 5.91 Å². The average molecular weight is 465 g/mol. The molecule has 0 aromatic heterocycles. The lowest BCUT2D eigenvalue weighted by molar-refractivity contribution is 0.0950. The third kappa shape index (κ3) is 6.06. The maximum absolute atomic E-state index is 12.6. The van der Waals surface area contributed by atoms with Gasteiger partial charge in [-0.15, -0.1) is 0 Å². The molecule has 0 spiro atoms. The summed E-state index contributed by atoms with van der Waals surface area (Å²) in [7, 11) is 0. The van der Waals surface area contributed by atoms with E-state index in [1.54, 1.807) is 24.3 Å². The Kier molecular flexibility index (Phi) is 7.80. The first-order valence-corrected chi connectivity index (χ1v) is 10.1. The molecule has 0 aliphatic heterocycles. The summed E-state index contributed by atoms with van der Waals surface area (Å²) < 4.78 is 12.3. The zero-order chi connectivity index (χ0) is 21.2. The van der Waals surface area contributed by atoms with Gasteiger partial charge in [0.25, 0.3) is 5.91 Å². The molecule has 152 valence electrons. The number of rotatable bonds is 9. The molecule has 30 heavy (non-hydrogen) atoms. The third-order valence-corrected chi connectivity index (χ3v) is 4.56. The summed E-state index contributed by atoms with van der Waals surface area (Å²) in [6, 6.07) is 22.4. The van der Waals surface area contributed by atoms with Crippen molar-refractivity contribution in [2.24, 2.45) is 5.10 Å². The van der Waals surface area contributed by atoms with E-state index in [0.29, 0.717) is 30.3 Å². The van der Waals surface area contributed by atoms with Gasteiger partial charge >= 0.3 is 0 Å². The minimum absolute atomic E-state index is 0.363. The van der Waals surface area contributed by atoms with Crippen molar-refractivity contribution >= 4 is 28.1 Å². The zero-order valence-electron chi connectivity index (χ0n) is 16.3. The van der Waals surface area contributed by atoms with Crippen LogP contribution in [-0.2, 0) is 6.61 Å². The summed E-state index contributed by atoms with van der Waals surface area (Å²) in [4.78, 5) is 12.6. The Morgan fingerprint density at radius 2 is 1.77 bits per heavy atom. The normalized spacial score (nSPS) is 10.6. The molecule has 0 radical (unpaired) electrons. The van der Waals surface area contributed by atoms with Crippen LogP contribution < -0.4 is 14.9 Å². The number of benzene rings is 3. The standard InChI is InChI=1S/C24H21BrN2O3/c1-2-14-29-22-13-12-20(25)15-19(22)16-26-27-24(28)21-10-6-7-11-23(21)30-17-18-8-4-3-5-9-18/h2-13,15-16H,1,14,17H2,(H,27,28). The average Bonchev–Trinajstić information content (AvgIpc) is 2.78. The van der Waals surface area contributed by atoms with E-state index in [1.807, 2.05) is 54.6 Å². The highest BCUT2D eigenvalue weighted by Crippen LogP contribution is 2.22. The monoisotopic (exact) mass is 464 g/mol. The Bertz CT molecular complexity index is 1040. The van der Waals surface area contributed by atoms with Crippen molar-refractivity contribution in [2.75, 3.05) is 6.61 Å². The maximum Gasteiger partial charge on any atom is 0.275 e. The first-order chi connectivity index (χ1) is 14.7. The van der Waals surface area contributed by atoms with Crippen LogP contribution in [0.2, 0.25) is 0 Å². The lowest BCUT2D eigenvalue weighted by atomic mass is 10.2. The number of para-hydroxylation sites is 1. The second-order valence-electron chi connectivity index (χ2n) is 6.25. The topological polar surface area (TPSA) is 59.9 Å². The number of hydrazone groups is 1. The second kappa shape index (κ2) is 11.0. The maximum atomic E-state index is 12.6. The Hall–Kier alpha value is -3.38. The van der Waals surface area contributed by atoms with Crippen molar-refractivity contribution in [2.45, 2.75) is 6.61 Å². The molecule has 0 saturated carbocycles. The number of nitrogens with zero attached hydrogens (tertiary/aromatic N) is 1. The third-order valence-electron chi connectivity index (χ3n) is 4.07. The van der Waals surface area contributed by atoms with Crippen LogP contribution >= 0.6 is 15.9 Å². The van der Waals surface area contributed by atoms with Gasteiger partial charge in [0.15, 0.2) is 0 Å². The lowest BCUT2D eigenvalue weighted by Gasteiger charge is -2.10.